The number of urea groups is 1. The molecule has 2 aromatic rings. The highest BCUT2D eigenvalue weighted by Gasteiger charge is 2.46. The summed E-state index contributed by atoms with van der Waals surface area (Å²) in [4.78, 5) is 26.9. The standard InChI is InChI=1S/C27H39N5O2/c1-19(2)16-27(4)24(33)32(25(28)31-27)18-23-14-12-22(13-15-23)17-29-26(34)30-20(3)10-11-21-8-6-5-7-9-21/h5-9,12-15,19-20,25,31H,10-11,16-18,28H2,1-4H3,(H2,29,30,34). The van der Waals surface area contributed by atoms with E-state index < -0.39 is 11.8 Å². The number of hydrogen-bond acceptors (Lipinski definition) is 4. The molecular formula is C27H39N5O2. The third-order valence-corrected chi connectivity index (χ3v) is 6.27. The molecule has 184 valence electrons. The molecule has 1 saturated heterocycles. The van der Waals surface area contributed by atoms with Crippen LogP contribution in [-0.4, -0.2) is 34.7 Å². The highest BCUT2D eigenvalue weighted by Crippen LogP contribution is 2.26. The molecule has 7 heteroatoms. The second kappa shape index (κ2) is 11.5. The number of aryl methyl sites for hydroxylation is 1. The lowest BCUT2D eigenvalue weighted by Crippen LogP contribution is -2.48. The zero-order chi connectivity index (χ0) is 24.7. The maximum atomic E-state index is 13.0. The van der Waals surface area contributed by atoms with Crippen molar-refractivity contribution in [2.75, 3.05) is 0 Å². The largest absolute Gasteiger partial charge is 0.336 e. The topological polar surface area (TPSA) is 99.5 Å². The normalized spacial score (nSPS) is 21.1. The highest BCUT2D eigenvalue weighted by molar-refractivity contribution is 5.88. The van der Waals surface area contributed by atoms with Gasteiger partial charge in [-0.2, -0.15) is 0 Å². The van der Waals surface area contributed by atoms with E-state index in [1.807, 2.05) is 56.3 Å². The molecule has 2 aromatic carbocycles. The Kier molecular flexibility index (Phi) is 8.69. The van der Waals surface area contributed by atoms with Gasteiger partial charge in [0.25, 0.3) is 0 Å². The highest BCUT2D eigenvalue weighted by atomic mass is 16.2. The van der Waals surface area contributed by atoms with Gasteiger partial charge in [-0.1, -0.05) is 68.4 Å². The Hall–Kier alpha value is -2.90. The summed E-state index contributed by atoms with van der Waals surface area (Å²) in [5.74, 6) is 0.432. The molecule has 1 fully saturated rings. The quantitative estimate of drug-likeness (QED) is 0.432. The summed E-state index contributed by atoms with van der Waals surface area (Å²) in [6.45, 7) is 9.04. The lowest BCUT2D eigenvalue weighted by atomic mass is 9.91. The lowest BCUT2D eigenvalue weighted by Gasteiger charge is -2.24. The van der Waals surface area contributed by atoms with Crippen molar-refractivity contribution in [3.8, 4) is 0 Å². The number of nitrogens with two attached hydrogens (primary N) is 1. The molecule has 0 radical (unpaired) electrons. The Balaban J connectivity index is 1.44. The van der Waals surface area contributed by atoms with E-state index in [1.165, 1.54) is 5.56 Å². The van der Waals surface area contributed by atoms with Crippen molar-refractivity contribution in [3.05, 3.63) is 71.3 Å². The monoisotopic (exact) mass is 465 g/mol. The van der Waals surface area contributed by atoms with Crippen LogP contribution in [0.5, 0.6) is 0 Å². The Bertz CT molecular complexity index is 947. The molecule has 1 heterocycles. The molecule has 3 amide bonds. The number of carbonyl (C=O) groups is 2. The Morgan fingerprint density at radius 3 is 2.35 bits per heavy atom. The number of benzene rings is 2. The van der Waals surface area contributed by atoms with Crippen molar-refractivity contribution in [2.24, 2.45) is 11.7 Å². The van der Waals surface area contributed by atoms with Crippen LogP contribution in [0, 0.1) is 5.92 Å². The van der Waals surface area contributed by atoms with Crippen LogP contribution >= 0.6 is 0 Å². The number of carbonyl (C=O) groups excluding carboxylic acids is 2. The zero-order valence-electron chi connectivity index (χ0n) is 20.8. The molecule has 3 rings (SSSR count). The van der Waals surface area contributed by atoms with Crippen LogP contribution in [0.2, 0.25) is 0 Å². The zero-order valence-corrected chi connectivity index (χ0v) is 20.8. The first kappa shape index (κ1) is 25.7. The molecule has 3 unspecified atom stereocenters. The average Bonchev–Trinajstić information content (AvgIpc) is 3.00. The molecule has 0 spiro atoms. The predicted octanol–water partition coefficient (Wildman–Crippen LogP) is 3.49. The smallest absolute Gasteiger partial charge is 0.315 e. The number of nitrogens with one attached hydrogen (secondary N) is 3. The predicted molar refractivity (Wildman–Crippen MR) is 136 cm³/mol. The van der Waals surface area contributed by atoms with Crippen LogP contribution in [0.1, 0.15) is 57.2 Å². The van der Waals surface area contributed by atoms with Gasteiger partial charge in [-0.05, 0) is 55.7 Å². The average molecular weight is 466 g/mol. The first-order valence-corrected chi connectivity index (χ1v) is 12.2. The minimum atomic E-state index is -0.622. The SMILES string of the molecule is CC(C)CC1(C)NC(N)N(Cc2ccc(CNC(=O)NC(C)CCc3ccccc3)cc2)C1=O. The van der Waals surface area contributed by atoms with Gasteiger partial charge in [-0.3, -0.25) is 15.8 Å². The molecule has 0 aromatic heterocycles. The van der Waals surface area contributed by atoms with E-state index in [4.69, 9.17) is 5.73 Å². The van der Waals surface area contributed by atoms with E-state index >= 15 is 0 Å². The van der Waals surface area contributed by atoms with Gasteiger partial charge >= 0.3 is 6.03 Å². The Morgan fingerprint density at radius 2 is 1.71 bits per heavy atom. The van der Waals surface area contributed by atoms with Gasteiger partial charge in [0.15, 0.2) is 0 Å². The third kappa shape index (κ3) is 7.05. The van der Waals surface area contributed by atoms with Gasteiger partial charge in [-0.15, -0.1) is 0 Å². The molecule has 1 aliphatic heterocycles. The van der Waals surface area contributed by atoms with Gasteiger partial charge in [-0.25, -0.2) is 4.79 Å². The number of rotatable bonds is 10. The van der Waals surface area contributed by atoms with Crippen molar-refractivity contribution in [2.45, 2.75) is 77.9 Å². The second-order valence-electron chi connectivity index (χ2n) is 10.0. The summed E-state index contributed by atoms with van der Waals surface area (Å²) in [7, 11) is 0. The maximum absolute atomic E-state index is 13.0. The van der Waals surface area contributed by atoms with Crippen molar-refractivity contribution >= 4 is 11.9 Å². The molecule has 5 N–H and O–H groups in total. The molecule has 7 nitrogen and oxygen atoms in total. The van der Waals surface area contributed by atoms with Crippen LogP contribution in [0.15, 0.2) is 54.6 Å². The third-order valence-electron chi connectivity index (χ3n) is 6.27. The first-order valence-electron chi connectivity index (χ1n) is 12.2. The molecule has 1 aliphatic rings. The number of amides is 3. The second-order valence-corrected chi connectivity index (χ2v) is 10.0. The Morgan fingerprint density at radius 1 is 1.06 bits per heavy atom. The molecule has 34 heavy (non-hydrogen) atoms. The van der Waals surface area contributed by atoms with E-state index in [9.17, 15) is 9.59 Å². The minimum Gasteiger partial charge on any atom is -0.336 e. The lowest BCUT2D eigenvalue weighted by molar-refractivity contribution is -0.133. The van der Waals surface area contributed by atoms with Gasteiger partial charge < -0.3 is 15.5 Å². The molecule has 0 aliphatic carbocycles. The summed E-state index contributed by atoms with van der Waals surface area (Å²) in [5, 5.41) is 9.17. The first-order chi connectivity index (χ1) is 16.2. The molecule has 3 atom stereocenters. The van der Waals surface area contributed by atoms with E-state index in [1.54, 1.807) is 4.90 Å². The van der Waals surface area contributed by atoms with Crippen LogP contribution in [0.3, 0.4) is 0 Å². The van der Waals surface area contributed by atoms with Crippen LogP contribution in [0.25, 0.3) is 0 Å². The van der Waals surface area contributed by atoms with E-state index in [0.29, 0.717) is 19.0 Å². The van der Waals surface area contributed by atoms with Crippen molar-refractivity contribution in [1.82, 2.24) is 20.9 Å². The van der Waals surface area contributed by atoms with Crippen LogP contribution in [-0.2, 0) is 24.3 Å². The van der Waals surface area contributed by atoms with Crippen molar-refractivity contribution in [1.29, 1.82) is 0 Å². The van der Waals surface area contributed by atoms with E-state index in [2.05, 4.69) is 41.9 Å². The fraction of sp³-hybridized carbons (Fsp3) is 0.481. The van der Waals surface area contributed by atoms with Gasteiger partial charge in [0.1, 0.15) is 6.29 Å². The maximum Gasteiger partial charge on any atom is 0.315 e. The summed E-state index contributed by atoms with van der Waals surface area (Å²) >= 11 is 0. The van der Waals surface area contributed by atoms with Gasteiger partial charge in [0, 0.05) is 19.1 Å². The van der Waals surface area contributed by atoms with Crippen LogP contribution < -0.4 is 21.7 Å². The molecular weight excluding hydrogens is 426 g/mol. The van der Waals surface area contributed by atoms with Crippen molar-refractivity contribution < 1.29 is 9.59 Å². The van der Waals surface area contributed by atoms with Gasteiger partial charge in [0.05, 0.1) is 5.54 Å². The molecule has 0 saturated carbocycles. The Labute approximate surface area is 203 Å². The summed E-state index contributed by atoms with van der Waals surface area (Å²) < 4.78 is 0. The van der Waals surface area contributed by atoms with Crippen LogP contribution in [0.4, 0.5) is 4.79 Å². The van der Waals surface area contributed by atoms with E-state index in [0.717, 1.165) is 30.4 Å². The fourth-order valence-electron chi connectivity index (χ4n) is 4.56. The summed E-state index contributed by atoms with van der Waals surface area (Å²) in [6.07, 6.45) is 2.06. The molecule has 0 bridgehead atoms. The van der Waals surface area contributed by atoms with E-state index in [-0.39, 0.29) is 18.0 Å². The van der Waals surface area contributed by atoms with Crippen molar-refractivity contribution in [3.63, 3.8) is 0 Å². The van der Waals surface area contributed by atoms with Gasteiger partial charge in [0.2, 0.25) is 5.91 Å². The fourth-order valence-corrected chi connectivity index (χ4v) is 4.56. The minimum absolute atomic E-state index is 0.0394. The number of hydrogen-bond donors (Lipinski definition) is 4. The summed E-state index contributed by atoms with van der Waals surface area (Å²) in [5.41, 5.74) is 8.86. The summed E-state index contributed by atoms with van der Waals surface area (Å²) in [6, 6.07) is 18.1. The number of nitrogens with zero attached hydrogens (tertiary/aromatic N) is 1.